The van der Waals surface area contributed by atoms with Crippen molar-refractivity contribution in [3.8, 4) is 0 Å². The fourth-order valence-electron chi connectivity index (χ4n) is 2.13. The molecule has 1 heterocycles. The maximum absolute atomic E-state index is 11.5. The molecule has 1 amide bonds. The number of anilines is 1. The minimum absolute atomic E-state index is 0.0512. The van der Waals surface area contributed by atoms with Gasteiger partial charge in [-0.15, -0.1) is 0 Å². The molecule has 0 saturated carbocycles. The van der Waals surface area contributed by atoms with Gasteiger partial charge >= 0.3 is 0 Å². The average molecular weight is 248 g/mol. The monoisotopic (exact) mass is 248 g/mol. The summed E-state index contributed by atoms with van der Waals surface area (Å²) >= 11 is 0. The van der Waals surface area contributed by atoms with Crippen molar-refractivity contribution in [2.24, 2.45) is 5.92 Å². The van der Waals surface area contributed by atoms with E-state index in [-0.39, 0.29) is 5.91 Å². The van der Waals surface area contributed by atoms with Crippen LogP contribution in [0.5, 0.6) is 0 Å². The summed E-state index contributed by atoms with van der Waals surface area (Å²) in [5, 5.41) is 6.03. The van der Waals surface area contributed by atoms with Crippen molar-refractivity contribution in [2.75, 3.05) is 32.1 Å². The molecule has 4 heteroatoms. The SMILES string of the molecule is CNC(=O)c1cccc(NCC2CCOCC2)c1. The molecule has 98 valence electrons. The number of benzene rings is 1. The third kappa shape index (κ3) is 3.47. The molecule has 1 aliphatic rings. The van der Waals surface area contributed by atoms with Crippen LogP contribution < -0.4 is 10.6 Å². The topological polar surface area (TPSA) is 50.4 Å². The Hall–Kier alpha value is -1.55. The summed E-state index contributed by atoms with van der Waals surface area (Å²) in [4.78, 5) is 11.5. The first kappa shape index (κ1) is 12.9. The van der Waals surface area contributed by atoms with Gasteiger partial charge in [-0.25, -0.2) is 0 Å². The Kier molecular flexibility index (Phi) is 4.59. The third-order valence-electron chi connectivity index (χ3n) is 3.29. The van der Waals surface area contributed by atoms with E-state index in [1.807, 2.05) is 24.3 Å². The maximum atomic E-state index is 11.5. The second-order valence-corrected chi connectivity index (χ2v) is 4.60. The summed E-state index contributed by atoms with van der Waals surface area (Å²) in [5.41, 5.74) is 1.69. The molecule has 0 bridgehead atoms. The molecule has 1 aromatic rings. The molecule has 1 saturated heterocycles. The molecule has 0 aromatic heterocycles. The van der Waals surface area contributed by atoms with Crippen LogP contribution in [-0.2, 0) is 4.74 Å². The highest BCUT2D eigenvalue weighted by Crippen LogP contribution is 2.17. The van der Waals surface area contributed by atoms with Crippen LogP contribution in [0.1, 0.15) is 23.2 Å². The molecule has 0 aliphatic carbocycles. The molecule has 2 N–H and O–H groups in total. The zero-order valence-corrected chi connectivity index (χ0v) is 10.7. The number of hydrogen-bond donors (Lipinski definition) is 2. The van der Waals surface area contributed by atoms with E-state index in [1.165, 1.54) is 0 Å². The van der Waals surface area contributed by atoms with Gasteiger partial charge in [0.25, 0.3) is 5.91 Å². The molecule has 0 atom stereocenters. The molecule has 0 unspecified atom stereocenters. The van der Waals surface area contributed by atoms with Gasteiger partial charge in [0.2, 0.25) is 0 Å². The maximum Gasteiger partial charge on any atom is 0.251 e. The second-order valence-electron chi connectivity index (χ2n) is 4.60. The van der Waals surface area contributed by atoms with Crippen LogP contribution in [0.4, 0.5) is 5.69 Å². The lowest BCUT2D eigenvalue weighted by Crippen LogP contribution is -2.23. The van der Waals surface area contributed by atoms with Gasteiger partial charge in [0.1, 0.15) is 0 Å². The van der Waals surface area contributed by atoms with E-state index in [4.69, 9.17) is 4.74 Å². The number of hydrogen-bond acceptors (Lipinski definition) is 3. The first-order valence-electron chi connectivity index (χ1n) is 6.43. The van der Waals surface area contributed by atoms with Crippen molar-refractivity contribution in [1.82, 2.24) is 5.32 Å². The molecule has 1 fully saturated rings. The van der Waals surface area contributed by atoms with E-state index in [0.717, 1.165) is 38.3 Å². The van der Waals surface area contributed by atoms with Gasteiger partial charge in [0.15, 0.2) is 0 Å². The van der Waals surface area contributed by atoms with Crippen molar-refractivity contribution in [2.45, 2.75) is 12.8 Å². The first-order chi connectivity index (χ1) is 8.79. The lowest BCUT2D eigenvalue weighted by molar-refractivity contribution is 0.0699. The highest BCUT2D eigenvalue weighted by Gasteiger charge is 2.13. The van der Waals surface area contributed by atoms with E-state index in [1.54, 1.807) is 7.05 Å². The average Bonchev–Trinajstić information content (AvgIpc) is 2.45. The van der Waals surface area contributed by atoms with Crippen LogP contribution in [-0.4, -0.2) is 32.7 Å². The number of amides is 1. The molecule has 4 nitrogen and oxygen atoms in total. The Morgan fingerprint density at radius 2 is 2.17 bits per heavy atom. The summed E-state index contributed by atoms with van der Waals surface area (Å²) < 4.78 is 5.34. The highest BCUT2D eigenvalue weighted by molar-refractivity contribution is 5.94. The summed E-state index contributed by atoms with van der Waals surface area (Å²) in [6, 6.07) is 7.60. The van der Waals surface area contributed by atoms with Crippen LogP contribution in [0.25, 0.3) is 0 Å². The lowest BCUT2D eigenvalue weighted by Gasteiger charge is -2.22. The summed E-state index contributed by atoms with van der Waals surface area (Å²) in [6.07, 6.45) is 2.23. The van der Waals surface area contributed by atoms with Gasteiger partial charge in [-0.1, -0.05) is 6.07 Å². The number of carbonyl (C=O) groups excluding carboxylic acids is 1. The van der Waals surface area contributed by atoms with Crippen LogP contribution >= 0.6 is 0 Å². The van der Waals surface area contributed by atoms with Crippen molar-refractivity contribution >= 4 is 11.6 Å². The van der Waals surface area contributed by atoms with Gasteiger partial charge in [-0.2, -0.15) is 0 Å². The van der Waals surface area contributed by atoms with Gasteiger partial charge in [0.05, 0.1) is 0 Å². The van der Waals surface area contributed by atoms with Crippen LogP contribution in [0.2, 0.25) is 0 Å². The standard InChI is InChI=1S/C14H20N2O2/c1-15-14(17)12-3-2-4-13(9-12)16-10-11-5-7-18-8-6-11/h2-4,9,11,16H,5-8,10H2,1H3,(H,15,17). The molecule has 2 rings (SSSR count). The lowest BCUT2D eigenvalue weighted by atomic mass is 10.0. The van der Waals surface area contributed by atoms with Crippen molar-refractivity contribution in [3.63, 3.8) is 0 Å². The number of ether oxygens (including phenoxy) is 1. The van der Waals surface area contributed by atoms with Gasteiger partial charge in [-0.05, 0) is 37.0 Å². The molecular weight excluding hydrogens is 228 g/mol. The number of rotatable bonds is 4. The molecule has 18 heavy (non-hydrogen) atoms. The quantitative estimate of drug-likeness (QED) is 0.855. The fourth-order valence-corrected chi connectivity index (χ4v) is 2.13. The Balaban J connectivity index is 1.90. The Morgan fingerprint density at radius 3 is 2.89 bits per heavy atom. The number of nitrogens with one attached hydrogen (secondary N) is 2. The largest absolute Gasteiger partial charge is 0.385 e. The van der Waals surface area contributed by atoms with E-state index in [0.29, 0.717) is 11.5 Å². The molecule has 1 aliphatic heterocycles. The minimum Gasteiger partial charge on any atom is -0.385 e. The van der Waals surface area contributed by atoms with Gasteiger partial charge in [-0.3, -0.25) is 4.79 Å². The summed E-state index contributed by atoms with van der Waals surface area (Å²) in [7, 11) is 1.64. The second kappa shape index (κ2) is 6.40. The Morgan fingerprint density at radius 1 is 1.39 bits per heavy atom. The molecular formula is C14H20N2O2. The summed E-state index contributed by atoms with van der Waals surface area (Å²) in [5.74, 6) is 0.618. The Bertz CT molecular complexity index is 401. The zero-order valence-electron chi connectivity index (χ0n) is 10.7. The van der Waals surface area contributed by atoms with Gasteiger partial charge in [0, 0.05) is 38.1 Å². The van der Waals surface area contributed by atoms with Gasteiger partial charge < -0.3 is 15.4 Å². The first-order valence-corrected chi connectivity index (χ1v) is 6.43. The molecule has 0 radical (unpaired) electrons. The molecule has 0 spiro atoms. The van der Waals surface area contributed by atoms with Crippen LogP contribution in [0, 0.1) is 5.92 Å². The van der Waals surface area contributed by atoms with E-state index in [9.17, 15) is 4.79 Å². The predicted octanol–water partition coefficient (Wildman–Crippen LogP) is 1.88. The van der Waals surface area contributed by atoms with Crippen LogP contribution in [0.15, 0.2) is 24.3 Å². The number of carbonyl (C=O) groups is 1. The Labute approximate surface area is 108 Å². The van der Waals surface area contributed by atoms with E-state index >= 15 is 0 Å². The zero-order chi connectivity index (χ0) is 12.8. The predicted molar refractivity (Wildman–Crippen MR) is 71.9 cm³/mol. The fraction of sp³-hybridized carbons (Fsp3) is 0.500. The minimum atomic E-state index is -0.0512. The van der Waals surface area contributed by atoms with E-state index < -0.39 is 0 Å². The van der Waals surface area contributed by atoms with Crippen molar-refractivity contribution in [3.05, 3.63) is 29.8 Å². The normalized spacial score (nSPS) is 16.3. The van der Waals surface area contributed by atoms with Crippen molar-refractivity contribution < 1.29 is 9.53 Å². The smallest absolute Gasteiger partial charge is 0.251 e. The highest BCUT2D eigenvalue weighted by atomic mass is 16.5. The van der Waals surface area contributed by atoms with Crippen LogP contribution in [0.3, 0.4) is 0 Å². The summed E-state index contributed by atoms with van der Waals surface area (Å²) in [6.45, 7) is 2.68. The van der Waals surface area contributed by atoms with E-state index in [2.05, 4.69) is 10.6 Å². The van der Waals surface area contributed by atoms with Crippen molar-refractivity contribution in [1.29, 1.82) is 0 Å². The third-order valence-corrected chi connectivity index (χ3v) is 3.29. The molecule has 1 aromatic carbocycles.